The number of rotatable bonds is 7. The Bertz CT molecular complexity index is 597. The Kier molecular flexibility index (Phi) is 5.69. The molecule has 0 amide bonds. The van der Waals surface area contributed by atoms with Crippen LogP contribution in [-0.4, -0.2) is 28.3 Å². The van der Waals surface area contributed by atoms with Crippen molar-refractivity contribution in [1.82, 2.24) is 15.2 Å². The highest BCUT2D eigenvalue weighted by Gasteiger charge is 2.10. The van der Waals surface area contributed by atoms with Crippen LogP contribution in [0.25, 0.3) is 0 Å². The van der Waals surface area contributed by atoms with Crippen molar-refractivity contribution < 1.29 is 0 Å². The Morgan fingerprint density at radius 1 is 1.27 bits per heavy atom. The highest BCUT2D eigenvalue weighted by atomic mass is 15.3. The van der Waals surface area contributed by atoms with Crippen molar-refractivity contribution in [3.8, 4) is 0 Å². The summed E-state index contributed by atoms with van der Waals surface area (Å²) in [6.45, 7) is 10.3. The van der Waals surface area contributed by atoms with E-state index in [2.05, 4.69) is 77.4 Å². The fraction of sp³-hybridized carbons (Fsp3) is 0.471. The summed E-state index contributed by atoms with van der Waals surface area (Å²) in [5.74, 6) is 2.06. The Hall–Kier alpha value is -2.17. The molecule has 1 aromatic carbocycles. The Morgan fingerprint density at radius 3 is 2.77 bits per heavy atom. The van der Waals surface area contributed by atoms with Gasteiger partial charge in [-0.05, 0) is 43.9 Å². The summed E-state index contributed by atoms with van der Waals surface area (Å²) in [6, 6.07) is 8.39. The van der Waals surface area contributed by atoms with E-state index in [1.54, 1.807) is 6.20 Å². The molecule has 0 radical (unpaired) electrons. The molecule has 5 heteroatoms. The first-order valence-corrected chi connectivity index (χ1v) is 7.88. The zero-order valence-corrected chi connectivity index (χ0v) is 13.9. The summed E-state index contributed by atoms with van der Waals surface area (Å²) in [6.07, 6.45) is 2.79. The average Bonchev–Trinajstić information content (AvgIpc) is 2.48. The molecular formula is C17H25N5. The summed E-state index contributed by atoms with van der Waals surface area (Å²) in [7, 11) is 0. The van der Waals surface area contributed by atoms with E-state index in [1.165, 1.54) is 5.56 Å². The topological polar surface area (TPSA) is 53.9 Å². The summed E-state index contributed by atoms with van der Waals surface area (Å²) >= 11 is 0. The maximum Gasteiger partial charge on any atom is 0.244 e. The molecule has 1 aromatic heterocycles. The van der Waals surface area contributed by atoms with Crippen LogP contribution in [0.2, 0.25) is 0 Å². The second-order valence-corrected chi connectivity index (χ2v) is 5.83. The van der Waals surface area contributed by atoms with Crippen molar-refractivity contribution in [2.45, 2.75) is 34.1 Å². The van der Waals surface area contributed by atoms with Crippen LogP contribution in [0.1, 0.15) is 32.8 Å². The molecule has 0 aliphatic heterocycles. The highest BCUT2D eigenvalue weighted by Crippen LogP contribution is 2.23. The largest absolute Gasteiger partial charge is 0.353 e. The van der Waals surface area contributed by atoms with E-state index in [0.717, 1.165) is 31.0 Å². The van der Waals surface area contributed by atoms with Crippen molar-refractivity contribution in [3.05, 3.63) is 36.0 Å². The Balaban J connectivity index is 2.15. The number of benzene rings is 1. The first-order chi connectivity index (χ1) is 10.6. The minimum absolute atomic E-state index is 0.587. The van der Waals surface area contributed by atoms with E-state index in [1.807, 2.05) is 0 Å². The molecule has 5 nitrogen and oxygen atoms in total. The van der Waals surface area contributed by atoms with Gasteiger partial charge in [0.15, 0.2) is 5.82 Å². The Labute approximate surface area is 132 Å². The lowest BCUT2D eigenvalue weighted by atomic mass is 10.1. The van der Waals surface area contributed by atoms with E-state index in [4.69, 9.17) is 0 Å². The highest BCUT2D eigenvalue weighted by molar-refractivity contribution is 5.60. The second-order valence-electron chi connectivity index (χ2n) is 5.83. The van der Waals surface area contributed by atoms with Gasteiger partial charge in [0.2, 0.25) is 5.95 Å². The van der Waals surface area contributed by atoms with E-state index in [0.29, 0.717) is 11.9 Å². The minimum atomic E-state index is 0.587. The normalized spacial score (nSPS) is 10.8. The van der Waals surface area contributed by atoms with Gasteiger partial charge < -0.3 is 10.2 Å². The number of nitrogens with zero attached hydrogens (tertiary/aromatic N) is 4. The molecule has 0 unspecified atom stereocenters. The van der Waals surface area contributed by atoms with E-state index < -0.39 is 0 Å². The first-order valence-electron chi connectivity index (χ1n) is 7.88. The molecule has 0 saturated carbocycles. The van der Waals surface area contributed by atoms with Crippen molar-refractivity contribution in [3.63, 3.8) is 0 Å². The maximum atomic E-state index is 4.59. The zero-order chi connectivity index (χ0) is 15.9. The average molecular weight is 299 g/mol. The molecule has 1 heterocycles. The van der Waals surface area contributed by atoms with Gasteiger partial charge >= 0.3 is 0 Å². The van der Waals surface area contributed by atoms with Crippen LogP contribution in [0, 0.1) is 12.8 Å². The van der Waals surface area contributed by atoms with Crippen molar-refractivity contribution in [2.75, 3.05) is 23.3 Å². The number of aryl methyl sites for hydroxylation is 1. The van der Waals surface area contributed by atoms with Crippen LogP contribution in [0.5, 0.6) is 0 Å². The van der Waals surface area contributed by atoms with E-state index >= 15 is 0 Å². The third kappa shape index (κ3) is 4.41. The van der Waals surface area contributed by atoms with Crippen molar-refractivity contribution in [1.29, 1.82) is 0 Å². The smallest absolute Gasteiger partial charge is 0.244 e. The van der Waals surface area contributed by atoms with Gasteiger partial charge in [-0.15, -0.1) is 5.10 Å². The number of aromatic nitrogens is 3. The van der Waals surface area contributed by atoms with Crippen LogP contribution in [-0.2, 0) is 0 Å². The lowest BCUT2D eigenvalue weighted by Gasteiger charge is -2.22. The van der Waals surface area contributed by atoms with Gasteiger partial charge in [0.1, 0.15) is 0 Å². The van der Waals surface area contributed by atoms with Crippen LogP contribution in [0.4, 0.5) is 17.5 Å². The molecule has 0 saturated heterocycles. The molecular weight excluding hydrogens is 274 g/mol. The fourth-order valence-electron chi connectivity index (χ4n) is 2.25. The first kappa shape index (κ1) is 16.2. The molecule has 0 aliphatic rings. The minimum Gasteiger partial charge on any atom is -0.353 e. The standard InChI is InChI=1S/C17H25N5/c1-5-22(15-8-6-7-14(4)11-15)16-12-19-21-17(20-16)18-10-9-13(2)3/h6-8,11-13H,5,9-10H2,1-4H3,(H,18,20,21). The van der Waals surface area contributed by atoms with Gasteiger partial charge in [-0.3, -0.25) is 0 Å². The molecule has 0 atom stereocenters. The number of hydrogen-bond donors (Lipinski definition) is 1. The molecule has 22 heavy (non-hydrogen) atoms. The predicted molar refractivity (Wildman–Crippen MR) is 91.6 cm³/mol. The molecule has 118 valence electrons. The second kappa shape index (κ2) is 7.73. The van der Waals surface area contributed by atoms with E-state index in [9.17, 15) is 0 Å². The SMILES string of the molecule is CCN(c1cccc(C)c1)c1cnnc(NCCC(C)C)n1. The van der Waals surface area contributed by atoms with Crippen molar-refractivity contribution in [2.24, 2.45) is 5.92 Å². The maximum absolute atomic E-state index is 4.59. The molecule has 0 spiro atoms. The summed E-state index contributed by atoms with van der Waals surface area (Å²) in [4.78, 5) is 6.72. The zero-order valence-electron chi connectivity index (χ0n) is 13.9. The quantitative estimate of drug-likeness (QED) is 0.843. The number of nitrogens with one attached hydrogen (secondary N) is 1. The third-order valence-electron chi connectivity index (χ3n) is 3.46. The van der Waals surface area contributed by atoms with Gasteiger partial charge in [-0.1, -0.05) is 26.0 Å². The lowest BCUT2D eigenvalue weighted by molar-refractivity contribution is 0.605. The Morgan fingerprint density at radius 2 is 2.09 bits per heavy atom. The van der Waals surface area contributed by atoms with Gasteiger partial charge in [0.05, 0.1) is 6.20 Å². The molecule has 0 bridgehead atoms. The molecule has 0 fully saturated rings. The molecule has 2 aromatic rings. The summed E-state index contributed by atoms with van der Waals surface area (Å²) in [5.41, 5.74) is 2.35. The van der Waals surface area contributed by atoms with Gasteiger partial charge in [-0.2, -0.15) is 10.1 Å². The van der Waals surface area contributed by atoms with Crippen molar-refractivity contribution >= 4 is 17.5 Å². The van der Waals surface area contributed by atoms with Gasteiger partial charge in [0.25, 0.3) is 0 Å². The monoisotopic (exact) mass is 299 g/mol. The summed E-state index contributed by atoms with van der Waals surface area (Å²) < 4.78 is 0. The predicted octanol–water partition coefficient (Wildman–Crippen LogP) is 3.80. The van der Waals surface area contributed by atoms with Crippen LogP contribution in [0.3, 0.4) is 0 Å². The van der Waals surface area contributed by atoms with Gasteiger partial charge in [0, 0.05) is 18.8 Å². The third-order valence-corrected chi connectivity index (χ3v) is 3.46. The lowest BCUT2D eigenvalue weighted by Crippen LogP contribution is -2.19. The van der Waals surface area contributed by atoms with Crippen LogP contribution < -0.4 is 10.2 Å². The molecule has 2 rings (SSSR count). The molecule has 0 aliphatic carbocycles. The molecule has 1 N–H and O–H groups in total. The number of anilines is 3. The fourth-order valence-corrected chi connectivity index (χ4v) is 2.25. The van der Waals surface area contributed by atoms with Crippen LogP contribution in [0.15, 0.2) is 30.5 Å². The van der Waals surface area contributed by atoms with E-state index in [-0.39, 0.29) is 0 Å². The summed E-state index contributed by atoms with van der Waals surface area (Å²) in [5, 5.41) is 11.4. The van der Waals surface area contributed by atoms with Gasteiger partial charge in [-0.25, -0.2) is 0 Å². The number of hydrogen-bond acceptors (Lipinski definition) is 5. The van der Waals surface area contributed by atoms with Crippen LogP contribution >= 0.6 is 0 Å².